The zero-order chi connectivity index (χ0) is 57.6. The summed E-state index contributed by atoms with van der Waals surface area (Å²) in [5.41, 5.74) is 0. The van der Waals surface area contributed by atoms with Crippen LogP contribution in [0.4, 0.5) is 0 Å². The molecular formula is C70H126NO8+. The summed E-state index contributed by atoms with van der Waals surface area (Å²) >= 11 is 0. The van der Waals surface area contributed by atoms with E-state index in [0.717, 1.165) is 70.6 Å². The van der Waals surface area contributed by atoms with Gasteiger partial charge in [-0.25, -0.2) is 4.79 Å². The molecule has 2 unspecified atom stereocenters. The predicted molar refractivity (Wildman–Crippen MR) is 336 cm³/mol. The van der Waals surface area contributed by atoms with Gasteiger partial charge in [0, 0.05) is 12.8 Å². The van der Waals surface area contributed by atoms with Gasteiger partial charge >= 0.3 is 17.9 Å². The van der Waals surface area contributed by atoms with E-state index in [1.54, 1.807) is 0 Å². The van der Waals surface area contributed by atoms with E-state index in [0.29, 0.717) is 17.4 Å². The summed E-state index contributed by atoms with van der Waals surface area (Å²) in [6, 6.07) is 0. The number of carboxylic acid groups (broad SMARTS) is 1. The number of carboxylic acids is 1. The maximum atomic E-state index is 12.9. The monoisotopic (exact) mass is 1110 g/mol. The van der Waals surface area contributed by atoms with Crippen molar-refractivity contribution in [2.45, 2.75) is 309 Å². The highest BCUT2D eigenvalue weighted by Gasteiger charge is 2.25. The van der Waals surface area contributed by atoms with Crippen molar-refractivity contribution in [2.75, 3.05) is 47.5 Å². The Morgan fingerprint density at radius 2 is 0.722 bits per heavy atom. The fraction of sp³-hybridized carbons (Fsp3) is 0.786. The van der Waals surface area contributed by atoms with Crippen LogP contribution in [0.15, 0.2) is 72.9 Å². The van der Waals surface area contributed by atoms with Gasteiger partial charge in [-0.3, -0.25) is 9.59 Å². The van der Waals surface area contributed by atoms with E-state index in [-0.39, 0.29) is 38.6 Å². The molecule has 458 valence electrons. The quantitative estimate of drug-likeness (QED) is 0.0211. The van der Waals surface area contributed by atoms with Crippen molar-refractivity contribution in [1.29, 1.82) is 0 Å². The van der Waals surface area contributed by atoms with Crippen molar-refractivity contribution < 1.29 is 42.9 Å². The third-order valence-electron chi connectivity index (χ3n) is 14.4. The molecular weight excluding hydrogens is 983 g/mol. The average Bonchev–Trinajstić information content (AvgIpc) is 3.42. The van der Waals surface area contributed by atoms with Crippen LogP contribution < -0.4 is 0 Å². The van der Waals surface area contributed by atoms with Crippen molar-refractivity contribution in [3.05, 3.63) is 72.9 Å². The van der Waals surface area contributed by atoms with E-state index >= 15 is 0 Å². The number of aliphatic carboxylic acids is 1. The fourth-order valence-electron chi connectivity index (χ4n) is 9.39. The van der Waals surface area contributed by atoms with Crippen molar-refractivity contribution in [3.8, 4) is 0 Å². The SMILES string of the molecule is CC/C=C\C/C=C\C/C=C\CCCCCC(=O)OCC(COC(OCC[N+](C)(C)C)C(=O)O)OC(=O)CCCCCCCCCCCCCCCCCCCCCCCCCCCC/C=C\C/C=C\C/C=C\CCCCCCC. The van der Waals surface area contributed by atoms with Gasteiger partial charge in [0.05, 0.1) is 34.4 Å². The second-order valence-electron chi connectivity index (χ2n) is 23.4. The lowest BCUT2D eigenvalue weighted by atomic mass is 10.0. The highest BCUT2D eigenvalue weighted by Crippen LogP contribution is 2.18. The smallest absolute Gasteiger partial charge is 0.361 e. The molecule has 0 heterocycles. The van der Waals surface area contributed by atoms with Crippen LogP contribution in [0.2, 0.25) is 0 Å². The summed E-state index contributed by atoms with van der Waals surface area (Å²) in [5.74, 6) is -2.04. The molecule has 0 aliphatic carbocycles. The molecule has 1 N–H and O–H groups in total. The minimum absolute atomic E-state index is 0.182. The molecule has 0 fully saturated rings. The van der Waals surface area contributed by atoms with Gasteiger partial charge in [-0.15, -0.1) is 0 Å². The Kier molecular flexibility index (Phi) is 58.3. The molecule has 0 spiro atoms. The van der Waals surface area contributed by atoms with Gasteiger partial charge in [0.25, 0.3) is 6.29 Å². The summed E-state index contributed by atoms with van der Waals surface area (Å²) in [4.78, 5) is 37.4. The lowest BCUT2D eigenvalue weighted by molar-refractivity contribution is -0.870. The normalized spacial score (nSPS) is 13.2. The number of carbonyl (C=O) groups is 3. The average molecular weight is 1110 g/mol. The van der Waals surface area contributed by atoms with Crippen LogP contribution in [-0.2, 0) is 33.3 Å². The molecule has 0 rings (SSSR count). The van der Waals surface area contributed by atoms with Crippen LogP contribution in [0.25, 0.3) is 0 Å². The molecule has 0 radical (unpaired) electrons. The Hall–Kier alpha value is -3.27. The zero-order valence-electron chi connectivity index (χ0n) is 52.3. The molecule has 0 aromatic heterocycles. The van der Waals surface area contributed by atoms with Gasteiger partial charge in [0.15, 0.2) is 6.10 Å². The number of allylic oxidation sites excluding steroid dienone is 12. The minimum atomic E-state index is -1.52. The van der Waals surface area contributed by atoms with Crippen molar-refractivity contribution in [1.82, 2.24) is 0 Å². The maximum absolute atomic E-state index is 12.9. The lowest BCUT2D eigenvalue weighted by Gasteiger charge is -2.25. The first-order valence-corrected chi connectivity index (χ1v) is 33.1. The molecule has 0 aliphatic heterocycles. The number of hydrogen-bond acceptors (Lipinski definition) is 7. The van der Waals surface area contributed by atoms with E-state index in [1.807, 2.05) is 21.1 Å². The van der Waals surface area contributed by atoms with E-state index < -0.39 is 24.3 Å². The molecule has 0 saturated carbocycles. The van der Waals surface area contributed by atoms with Crippen molar-refractivity contribution >= 4 is 17.9 Å². The molecule has 79 heavy (non-hydrogen) atoms. The number of nitrogens with zero attached hydrogens (tertiary/aromatic N) is 1. The number of likely N-dealkylation sites (N-methyl/N-ethyl adjacent to an activating group) is 1. The first-order valence-electron chi connectivity index (χ1n) is 33.1. The number of ether oxygens (including phenoxy) is 4. The molecule has 9 heteroatoms. The maximum Gasteiger partial charge on any atom is 0.361 e. The Labute approximate surface area is 487 Å². The minimum Gasteiger partial charge on any atom is -0.477 e. The Bertz CT molecular complexity index is 1520. The van der Waals surface area contributed by atoms with Gasteiger partial charge in [0.2, 0.25) is 0 Å². The Morgan fingerprint density at radius 3 is 1.09 bits per heavy atom. The van der Waals surface area contributed by atoms with Gasteiger partial charge in [-0.2, -0.15) is 0 Å². The number of rotatable bonds is 61. The Balaban J connectivity index is 3.92. The molecule has 0 aromatic rings. The summed E-state index contributed by atoms with van der Waals surface area (Å²) in [5, 5.41) is 9.70. The highest BCUT2D eigenvalue weighted by molar-refractivity contribution is 5.71. The Morgan fingerprint density at radius 1 is 0.392 bits per heavy atom. The van der Waals surface area contributed by atoms with Crippen LogP contribution in [0, 0.1) is 0 Å². The zero-order valence-corrected chi connectivity index (χ0v) is 52.3. The standard InChI is InChI=1S/C70H125NO8/c1-6-8-10-12-14-16-18-20-21-22-23-24-25-26-27-28-29-30-31-32-33-34-35-36-37-38-39-40-41-42-43-44-45-46-47-49-51-53-55-57-59-61-68(73)79-66(65-78-70(69(74)75)76-63-62-71(3,4)5)64-77-67(72)60-58-56-54-52-50-48-19-17-15-13-11-9-7-2/h9,11,15,17-18,20,22-23,25-26,48,50,66,70H,6-8,10,12-14,16,19,21,24,27-47,49,51-65H2,1-5H3/p+1/b11-9-,17-15-,20-18-,23-22-,26-25-,50-48-. The number of quaternary nitrogens is 1. The molecule has 0 aromatic carbocycles. The van der Waals surface area contributed by atoms with Crippen molar-refractivity contribution in [2.24, 2.45) is 0 Å². The molecule has 9 nitrogen and oxygen atoms in total. The summed E-state index contributed by atoms with van der Waals surface area (Å²) in [6.45, 7) is 4.73. The van der Waals surface area contributed by atoms with Crippen molar-refractivity contribution in [3.63, 3.8) is 0 Å². The van der Waals surface area contributed by atoms with Gasteiger partial charge < -0.3 is 28.5 Å². The van der Waals surface area contributed by atoms with Crippen LogP contribution in [0.3, 0.4) is 0 Å². The lowest BCUT2D eigenvalue weighted by Crippen LogP contribution is -2.40. The highest BCUT2D eigenvalue weighted by atomic mass is 16.7. The number of hydrogen-bond donors (Lipinski definition) is 1. The van der Waals surface area contributed by atoms with E-state index in [4.69, 9.17) is 18.9 Å². The van der Waals surface area contributed by atoms with Crippen LogP contribution in [-0.4, -0.2) is 87.4 Å². The van der Waals surface area contributed by atoms with Gasteiger partial charge in [0.1, 0.15) is 13.2 Å². The molecule has 2 atom stereocenters. The third kappa shape index (κ3) is 62.2. The molecule has 0 amide bonds. The van der Waals surface area contributed by atoms with E-state index in [2.05, 4.69) is 86.8 Å². The summed E-state index contributed by atoms with van der Waals surface area (Å²) < 4.78 is 22.8. The van der Waals surface area contributed by atoms with Gasteiger partial charge in [-0.1, -0.05) is 273 Å². The largest absolute Gasteiger partial charge is 0.477 e. The van der Waals surface area contributed by atoms with E-state index in [9.17, 15) is 19.5 Å². The molecule has 0 aliphatic rings. The first kappa shape index (κ1) is 75.7. The van der Waals surface area contributed by atoms with Crippen LogP contribution in [0.1, 0.15) is 296 Å². The number of carbonyl (C=O) groups excluding carboxylic acids is 2. The topological polar surface area (TPSA) is 108 Å². The molecule has 0 saturated heterocycles. The van der Waals surface area contributed by atoms with Crippen LogP contribution >= 0.6 is 0 Å². The number of esters is 2. The third-order valence-corrected chi connectivity index (χ3v) is 14.4. The molecule has 0 bridgehead atoms. The second-order valence-corrected chi connectivity index (χ2v) is 23.4. The summed E-state index contributed by atoms with van der Waals surface area (Å²) in [7, 11) is 5.96. The fourth-order valence-corrected chi connectivity index (χ4v) is 9.39. The van der Waals surface area contributed by atoms with Gasteiger partial charge in [-0.05, 0) is 83.5 Å². The first-order chi connectivity index (χ1) is 38.6. The van der Waals surface area contributed by atoms with Crippen LogP contribution in [0.5, 0.6) is 0 Å². The summed E-state index contributed by atoms with van der Waals surface area (Å²) in [6.07, 6.45) is 77.6. The second kappa shape index (κ2) is 60.8. The predicted octanol–water partition coefficient (Wildman–Crippen LogP) is 20.1. The van der Waals surface area contributed by atoms with E-state index in [1.165, 1.54) is 193 Å². The number of unbranched alkanes of at least 4 members (excludes halogenated alkanes) is 34.